The quantitative estimate of drug-likeness (QED) is 0.154. The van der Waals surface area contributed by atoms with Crippen molar-refractivity contribution in [3.8, 4) is 0 Å². The van der Waals surface area contributed by atoms with Gasteiger partial charge in [0.15, 0.2) is 0 Å². The molecule has 0 aliphatic carbocycles. The molecule has 0 bridgehead atoms. The van der Waals surface area contributed by atoms with Gasteiger partial charge in [-0.3, -0.25) is 34.8 Å². The van der Waals surface area contributed by atoms with Gasteiger partial charge in [0.1, 0.15) is 0 Å². The predicted molar refractivity (Wildman–Crippen MR) is 161 cm³/mol. The van der Waals surface area contributed by atoms with Crippen LogP contribution in [0.5, 0.6) is 0 Å². The van der Waals surface area contributed by atoms with Gasteiger partial charge in [-0.15, -0.1) is 0 Å². The minimum absolute atomic E-state index is 0.160. The number of para-hydroxylation sites is 4. The Hall–Kier alpha value is -5.48. The fraction of sp³-hybridized carbons (Fsp3) is 0.0312. The van der Waals surface area contributed by atoms with Crippen molar-refractivity contribution in [2.24, 2.45) is 0 Å². The minimum Gasteiger partial charge on any atom is -0.298 e. The van der Waals surface area contributed by atoms with E-state index < -0.39 is 27.1 Å². The maximum Gasteiger partial charge on any atom is 0.301 e. The number of carbonyl (C=O) groups is 1. The van der Waals surface area contributed by atoms with Crippen LogP contribution in [0.4, 0.5) is 39.8 Å². The van der Waals surface area contributed by atoms with Gasteiger partial charge in [0.25, 0.3) is 5.91 Å². The van der Waals surface area contributed by atoms with Gasteiger partial charge in [-0.2, -0.15) is 0 Å². The van der Waals surface area contributed by atoms with Crippen molar-refractivity contribution in [2.75, 3.05) is 9.80 Å². The molecule has 0 unspecified atom stereocenters. The topological polar surface area (TPSA) is 110 Å². The molecular weight excluding hydrogens is 552 g/mol. The Morgan fingerprint density at radius 3 is 1.55 bits per heavy atom. The van der Waals surface area contributed by atoms with Gasteiger partial charge in [0, 0.05) is 28.3 Å². The third kappa shape index (κ3) is 4.00. The maximum absolute atomic E-state index is 14.2. The van der Waals surface area contributed by atoms with Gasteiger partial charge < -0.3 is 0 Å². The summed E-state index contributed by atoms with van der Waals surface area (Å²) in [5, 5.41) is 25.3. The van der Waals surface area contributed by atoms with Crippen LogP contribution in [0.1, 0.15) is 21.5 Å². The molecule has 2 aliphatic heterocycles. The molecule has 1 amide bonds. The first-order valence-electron chi connectivity index (χ1n) is 13.1. The van der Waals surface area contributed by atoms with Gasteiger partial charge >= 0.3 is 11.4 Å². The molecule has 0 saturated heterocycles. The third-order valence-electron chi connectivity index (χ3n) is 7.41. The van der Waals surface area contributed by atoms with Crippen LogP contribution in [0, 0.1) is 20.2 Å². The Morgan fingerprint density at radius 2 is 1.07 bits per heavy atom. The van der Waals surface area contributed by atoms with Crippen LogP contribution < -0.4 is 9.80 Å². The van der Waals surface area contributed by atoms with Crippen molar-refractivity contribution in [3.63, 3.8) is 0 Å². The van der Waals surface area contributed by atoms with E-state index in [2.05, 4.69) is 0 Å². The van der Waals surface area contributed by atoms with Crippen molar-refractivity contribution in [1.29, 1.82) is 0 Å². The molecule has 9 nitrogen and oxygen atoms in total. The Morgan fingerprint density at radius 1 is 0.643 bits per heavy atom. The zero-order valence-corrected chi connectivity index (χ0v) is 22.7. The van der Waals surface area contributed by atoms with E-state index in [9.17, 15) is 25.0 Å². The summed E-state index contributed by atoms with van der Waals surface area (Å²) in [6.07, 6.45) is 0.576. The number of fused-ring (bicyclic) bond motifs is 4. The third-order valence-corrected chi connectivity index (χ3v) is 8.55. The van der Waals surface area contributed by atoms with Gasteiger partial charge in [-0.25, -0.2) is 0 Å². The lowest BCUT2D eigenvalue weighted by Gasteiger charge is -2.33. The molecule has 0 spiro atoms. The number of nitro benzene ring substituents is 2. The van der Waals surface area contributed by atoms with Crippen LogP contribution in [-0.4, -0.2) is 15.8 Å². The molecule has 0 fully saturated rings. The highest BCUT2D eigenvalue weighted by molar-refractivity contribution is 7.99. The smallest absolute Gasteiger partial charge is 0.298 e. The number of anilines is 5. The standard InChI is InChI=1S/C32H20N4O5S/c37-32(34-25-13-5-7-15-29(25)42-30-16-8-6-14-26(30)34)22-18-27(35(38)39)31(28(19-22)36(40)41)33-23-11-3-1-9-20(23)17-21-10-2-4-12-24(21)33/h1-16,18-19H,17H2. The SMILES string of the molecule is O=C(c1cc([N+](=O)[O-])c(N2c3ccccc3Cc3ccccc32)c([N+](=O)[O-])c1)N1c2ccccc2Sc2ccccc21. The van der Waals surface area contributed by atoms with Crippen LogP contribution in [0.3, 0.4) is 0 Å². The van der Waals surface area contributed by atoms with E-state index >= 15 is 0 Å². The van der Waals surface area contributed by atoms with E-state index in [-0.39, 0.29) is 11.3 Å². The molecular formula is C32H20N4O5S. The second-order valence-electron chi connectivity index (χ2n) is 9.83. The van der Waals surface area contributed by atoms with E-state index in [1.807, 2.05) is 48.5 Å². The van der Waals surface area contributed by atoms with Crippen molar-refractivity contribution in [3.05, 3.63) is 146 Å². The Labute approximate surface area is 243 Å². The largest absolute Gasteiger partial charge is 0.301 e. The lowest BCUT2D eigenvalue weighted by molar-refractivity contribution is -0.392. The average molecular weight is 573 g/mol. The summed E-state index contributed by atoms with van der Waals surface area (Å²) in [6.45, 7) is 0. The number of amides is 1. The molecule has 0 N–H and O–H groups in total. The van der Waals surface area contributed by atoms with Crippen molar-refractivity contribution in [2.45, 2.75) is 16.2 Å². The van der Waals surface area contributed by atoms with E-state index in [0.717, 1.165) is 33.1 Å². The van der Waals surface area contributed by atoms with E-state index in [4.69, 9.17) is 0 Å². The molecule has 0 atom stereocenters. The number of nitro groups is 2. The number of hydrogen-bond donors (Lipinski definition) is 0. The Kier molecular flexibility index (Phi) is 5.98. The lowest BCUT2D eigenvalue weighted by Crippen LogP contribution is -2.29. The molecule has 7 rings (SSSR count). The van der Waals surface area contributed by atoms with Crippen molar-refractivity contribution in [1.82, 2.24) is 0 Å². The summed E-state index contributed by atoms with van der Waals surface area (Å²) in [4.78, 5) is 42.9. The van der Waals surface area contributed by atoms with Crippen molar-refractivity contribution < 1.29 is 14.6 Å². The fourth-order valence-electron chi connectivity index (χ4n) is 5.62. The Balaban J connectivity index is 1.46. The highest BCUT2D eigenvalue weighted by Crippen LogP contribution is 2.52. The highest BCUT2D eigenvalue weighted by Gasteiger charge is 2.38. The predicted octanol–water partition coefficient (Wildman–Crippen LogP) is 8.32. The van der Waals surface area contributed by atoms with Gasteiger partial charge in [-0.05, 0) is 47.5 Å². The van der Waals surface area contributed by atoms with Crippen LogP contribution in [0.25, 0.3) is 0 Å². The zero-order valence-electron chi connectivity index (χ0n) is 21.8. The monoisotopic (exact) mass is 572 g/mol. The second kappa shape index (κ2) is 9.86. The average Bonchev–Trinajstić information content (AvgIpc) is 3.01. The number of benzene rings is 5. The summed E-state index contributed by atoms with van der Waals surface area (Å²) >= 11 is 1.51. The summed E-state index contributed by atoms with van der Waals surface area (Å²) in [6, 6.07) is 31.6. The molecule has 2 heterocycles. The van der Waals surface area contributed by atoms with E-state index in [1.54, 1.807) is 53.4 Å². The summed E-state index contributed by atoms with van der Waals surface area (Å²) in [5.74, 6) is -0.604. The molecule has 0 saturated carbocycles. The van der Waals surface area contributed by atoms with E-state index in [0.29, 0.717) is 29.2 Å². The minimum atomic E-state index is -0.660. The van der Waals surface area contributed by atoms with E-state index in [1.165, 1.54) is 16.7 Å². The molecule has 0 radical (unpaired) electrons. The first-order chi connectivity index (χ1) is 20.4. The maximum atomic E-state index is 14.2. The number of carbonyl (C=O) groups excluding carboxylic acids is 1. The van der Waals surface area contributed by atoms with Gasteiger partial charge in [-0.1, -0.05) is 72.4 Å². The van der Waals surface area contributed by atoms with Crippen LogP contribution in [0.15, 0.2) is 119 Å². The highest BCUT2D eigenvalue weighted by atomic mass is 32.2. The zero-order chi connectivity index (χ0) is 29.0. The van der Waals surface area contributed by atoms with Crippen molar-refractivity contribution >= 4 is 57.5 Å². The van der Waals surface area contributed by atoms with Crippen LogP contribution >= 0.6 is 11.8 Å². The number of rotatable bonds is 4. The first kappa shape index (κ1) is 25.5. The van der Waals surface area contributed by atoms with Gasteiger partial charge in [0.05, 0.1) is 38.2 Å². The first-order valence-corrected chi connectivity index (χ1v) is 13.9. The molecule has 0 aromatic heterocycles. The van der Waals surface area contributed by atoms with Gasteiger partial charge in [0.2, 0.25) is 5.69 Å². The molecule has 42 heavy (non-hydrogen) atoms. The molecule has 204 valence electrons. The summed E-state index contributed by atoms with van der Waals surface area (Å²) in [7, 11) is 0. The molecule has 5 aromatic rings. The fourth-order valence-corrected chi connectivity index (χ4v) is 6.68. The van der Waals surface area contributed by atoms with Crippen LogP contribution in [0.2, 0.25) is 0 Å². The Bertz CT molecular complexity index is 1830. The summed E-state index contributed by atoms with van der Waals surface area (Å²) < 4.78 is 0. The number of hydrogen-bond acceptors (Lipinski definition) is 7. The molecule has 2 aliphatic rings. The molecule has 10 heteroatoms. The molecule has 5 aromatic carbocycles. The van der Waals surface area contributed by atoms with Crippen LogP contribution in [-0.2, 0) is 6.42 Å². The normalized spacial score (nSPS) is 13.0. The lowest BCUT2D eigenvalue weighted by atomic mass is 9.94. The number of nitrogens with zero attached hydrogens (tertiary/aromatic N) is 4. The summed E-state index contributed by atoms with van der Waals surface area (Å²) in [5.41, 5.74) is 2.73. The second-order valence-corrected chi connectivity index (χ2v) is 10.9.